The molecule has 5 nitrogen and oxygen atoms in total. The van der Waals surface area contributed by atoms with Crippen molar-refractivity contribution in [2.24, 2.45) is 0 Å². The molecule has 0 saturated heterocycles. The molecule has 0 saturated carbocycles. The van der Waals surface area contributed by atoms with Crippen molar-refractivity contribution in [1.29, 1.82) is 0 Å². The van der Waals surface area contributed by atoms with Gasteiger partial charge in [0.2, 0.25) is 0 Å². The van der Waals surface area contributed by atoms with Gasteiger partial charge in [-0.2, -0.15) is 0 Å². The molecule has 110 valence electrons. The average Bonchev–Trinajstić information content (AvgIpc) is 2.52. The minimum absolute atomic E-state index is 0.0145. The molecule has 0 aliphatic heterocycles. The van der Waals surface area contributed by atoms with Crippen molar-refractivity contribution >= 4 is 11.4 Å². The van der Waals surface area contributed by atoms with Crippen molar-refractivity contribution < 1.29 is 9.66 Å². The Balaban J connectivity index is 2.19. The standard InChI is InChI=1S/C16H18N2O3/c1-3-12-6-4-5-7-13(12)11-17-14-8-15(18(19)20)10-16(9-14)21-2/h4-10,17H,3,11H2,1-2H3. The van der Waals surface area contributed by atoms with Crippen molar-refractivity contribution in [3.05, 3.63) is 63.7 Å². The van der Waals surface area contributed by atoms with E-state index in [-0.39, 0.29) is 5.69 Å². The summed E-state index contributed by atoms with van der Waals surface area (Å²) in [5.41, 5.74) is 3.14. The summed E-state index contributed by atoms with van der Waals surface area (Å²) in [5.74, 6) is 0.468. The Morgan fingerprint density at radius 2 is 1.90 bits per heavy atom. The number of anilines is 1. The van der Waals surface area contributed by atoms with Crippen LogP contribution >= 0.6 is 0 Å². The maximum atomic E-state index is 10.9. The van der Waals surface area contributed by atoms with Crippen LogP contribution in [0.15, 0.2) is 42.5 Å². The summed E-state index contributed by atoms with van der Waals surface area (Å²) in [7, 11) is 1.50. The van der Waals surface area contributed by atoms with Crippen molar-refractivity contribution in [3.8, 4) is 5.75 Å². The molecule has 0 amide bonds. The first-order valence-electron chi connectivity index (χ1n) is 6.78. The number of nitro benzene ring substituents is 1. The van der Waals surface area contributed by atoms with Crippen molar-refractivity contribution in [3.63, 3.8) is 0 Å². The average molecular weight is 286 g/mol. The molecular formula is C16H18N2O3. The monoisotopic (exact) mass is 286 g/mol. The highest BCUT2D eigenvalue weighted by atomic mass is 16.6. The van der Waals surface area contributed by atoms with Gasteiger partial charge in [0.05, 0.1) is 18.1 Å². The third kappa shape index (κ3) is 3.72. The lowest BCUT2D eigenvalue weighted by Crippen LogP contribution is -2.03. The normalized spacial score (nSPS) is 10.2. The fourth-order valence-electron chi connectivity index (χ4n) is 2.18. The number of nitrogens with zero attached hydrogens (tertiary/aromatic N) is 1. The highest BCUT2D eigenvalue weighted by molar-refractivity contribution is 5.56. The van der Waals surface area contributed by atoms with Gasteiger partial charge >= 0.3 is 0 Å². The van der Waals surface area contributed by atoms with E-state index >= 15 is 0 Å². The molecule has 0 radical (unpaired) electrons. The van der Waals surface area contributed by atoms with E-state index in [1.165, 1.54) is 30.4 Å². The van der Waals surface area contributed by atoms with Crippen LogP contribution in [0.1, 0.15) is 18.1 Å². The summed E-state index contributed by atoms with van der Waals surface area (Å²) < 4.78 is 5.10. The summed E-state index contributed by atoms with van der Waals surface area (Å²) in [6.45, 7) is 2.73. The highest BCUT2D eigenvalue weighted by Gasteiger charge is 2.10. The molecule has 0 fully saturated rings. The number of non-ortho nitro benzene ring substituents is 1. The Morgan fingerprint density at radius 3 is 2.52 bits per heavy atom. The van der Waals surface area contributed by atoms with Crippen LogP contribution in [0.25, 0.3) is 0 Å². The fraction of sp³-hybridized carbons (Fsp3) is 0.250. The van der Waals surface area contributed by atoms with Gasteiger partial charge < -0.3 is 10.1 Å². The maximum Gasteiger partial charge on any atom is 0.275 e. The molecule has 0 aromatic heterocycles. The Morgan fingerprint density at radius 1 is 1.19 bits per heavy atom. The number of nitro groups is 1. The molecule has 0 aliphatic rings. The summed E-state index contributed by atoms with van der Waals surface area (Å²) in [4.78, 5) is 10.5. The highest BCUT2D eigenvalue weighted by Crippen LogP contribution is 2.26. The predicted molar refractivity (Wildman–Crippen MR) is 82.8 cm³/mol. The van der Waals surface area contributed by atoms with Crippen LogP contribution in [0.2, 0.25) is 0 Å². The number of hydrogen-bond donors (Lipinski definition) is 1. The largest absolute Gasteiger partial charge is 0.496 e. The number of aryl methyl sites for hydroxylation is 1. The zero-order valence-electron chi connectivity index (χ0n) is 12.1. The van der Waals surface area contributed by atoms with Crippen LogP contribution in [0.3, 0.4) is 0 Å². The van der Waals surface area contributed by atoms with Crippen molar-refractivity contribution in [1.82, 2.24) is 0 Å². The SMILES string of the molecule is CCc1ccccc1CNc1cc(OC)cc([N+](=O)[O-])c1. The van der Waals surface area contributed by atoms with E-state index in [9.17, 15) is 10.1 Å². The maximum absolute atomic E-state index is 10.9. The summed E-state index contributed by atoms with van der Waals surface area (Å²) in [6.07, 6.45) is 0.954. The molecule has 0 bridgehead atoms. The first-order valence-corrected chi connectivity index (χ1v) is 6.78. The second-order valence-electron chi connectivity index (χ2n) is 4.65. The molecule has 1 N–H and O–H groups in total. The lowest BCUT2D eigenvalue weighted by molar-refractivity contribution is -0.384. The van der Waals surface area contributed by atoms with Gasteiger partial charge in [0.25, 0.3) is 5.69 Å². The van der Waals surface area contributed by atoms with Gasteiger partial charge in [-0.15, -0.1) is 0 Å². The molecule has 2 rings (SSSR count). The van der Waals surface area contributed by atoms with Gasteiger partial charge in [-0.3, -0.25) is 10.1 Å². The number of ether oxygens (including phenoxy) is 1. The first-order chi connectivity index (χ1) is 10.1. The van der Waals surface area contributed by atoms with Gasteiger partial charge in [0, 0.05) is 24.4 Å². The number of benzene rings is 2. The van der Waals surface area contributed by atoms with Gasteiger partial charge in [-0.25, -0.2) is 0 Å². The summed E-state index contributed by atoms with van der Waals surface area (Å²) in [5, 5.41) is 14.1. The van der Waals surface area contributed by atoms with Crippen molar-refractivity contribution in [2.75, 3.05) is 12.4 Å². The van der Waals surface area contributed by atoms with Crippen LogP contribution in [-0.4, -0.2) is 12.0 Å². The molecule has 0 unspecified atom stereocenters. The van der Waals surface area contributed by atoms with E-state index in [1.807, 2.05) is 12.1 Å². The van der Waals surface area contributed by atoms with Gasteiger partial charge in [0.15, 0.2) is 0 Å². The van der Waals surface area contributed by atoms with Crippen LogP contribution < -0.4 is 10.1 Å². The fourth-order valence-corrected chi connectivity index (χ4v) is 2.18. The quantitative estimate of drug-likeness (QED) is 0.648. The minimum atomic E-state index is -0.423. The van der Waals surface area contributed by atoms with Crippen molar-refractivity contribution in [2.45, 2.75) is 19.9 Å². The second kappa shape index (κ2) is 6.74. The first kappa shape index (κ1) is 14.8. The number of hydrogen-bond acceptors (Lipinski definition) is 4. The van der Waals surface area contributed by atoms with Crippen LogP contribution in [0, 0.1) is 10.1 Å². The zero-order chi connectivity index (χ0) is 15.2. The van der Waals surface area contributed by atoms with Crippen LogP contribution in [0.5, 0.6) is 5.75 Å². The minimum Gasteiger partial charge on any atom is -0.496 e. The molecule has 2 aromatic rings. The van der Waals surface area contributed by atoms with Gasteiger partial charge in [-0.1, -0.05) is 31.2 Å². The molecule has 21 heavy (non-hydrogen) atoms. The lowest BCUT2D eigenvalue weighted by Gasteiger charge is -2.11. The number of nitrogens with one attached hydrogen (secondary N) is 1. The van der Waals surface area contributed by atoms with E-state index < -0.39 is 4.92 Å². The second-order valence-corrected chi connectivity index (χ2v) is 4.65. The Bertz CT molecular complexity index is 641. The molecule has 0 heterocycles. The van der Waals surface area contributed by atoms with Crippen LogP contribution in [-0.2, 0) is 13.0 Å². The van der Waals surface area contributed by atoms with Crippen LogP contribution in [0.4, 0.5) is 11.4 Å². The summed E-state index contributed by atoms with van der Waals surface area (Å²) in [6, 6.07) is 12.8. The number of methoxy groups -OCH3 is 1. The van der Waals surface area contributed by atoms with E-state index in [1.54, 1.807) is 6.07 Å². The number of rotatable bonds is 6. The van der Waals surface area contributed by atoms with E-state index in [4.69, 9.17) is 4.74 Å². The topological polar surface area (TPSA) is 64.4 Å². The third-order valence-corrected chi connectivity index (χ3v) is 3.32. The summed E-state index contributed by atoms with van der Waals surface area (Å²) >= 11 is 0. The predicted octanol–water partition coefficient (Wildman–Crippen LogP) is 3.78. The smallest absolute Gasteiger partial charge is 0.275 e. The van der Waals surface area contributed by atoms with E-state index in [0.717, 1.165) is 6.42 Å². The molecule has 0 spiro atoms. The molecule has 5 heteroatoms. The molecular weight excluding hydrogens is 268 g/mol. The lowest BCUT2D eigenvalue weighted by atomic mass is 10.1. The zero-order valence-corrected chi connectivity index (χ0v) is 12.1. The van der Waals surface area contributed by atoms with Gasteiger partial charge in [-0.05, 0) is 17.5 Å². The molecule has 0 aliphatic carbocycles. The van der Waals surface area contributed by atoms with Gasteiger partial charge in [0.1, 0.15) is 5.75 Å². The third-order valence-electron chi connectivity index (χ3n) is 3.32. The van der Waals surface area contributed by atoms with E-state index in [0.29, 0.717) is 18.0 Å². The molecule has 2 aromatic carbocycles. The molecule has 0 atom stereocenters. The Labute approximate surface area is 123 Å². The Hall–Kier alpha value is -2.56. The van der Waals surface area contributed by atoms with E-state index in [2.05, 4.69) is 24.4 Å². The Kier molecular flexibility index (Phi) is 4.77.